The Kier molecular flexibility index (Phi) is 7.43. The van der Waals surface area contributed by atoms with Gasteiger partial charge >= 0.3 is 18.0 Å². The number of esters is 2. The zero-order chi connectivity index (χ0) is 22.2. The molecule has 0 saturated heterocycles. The van der Waals surface area contributed by atoms with Gasteiger partial charge in [-0.2, -0.15) is 0 Å². The smallest absolute Gasteiger partial charge is 0.407 e. The molecule has 2 aromatic carbocycles. The van der Waals surface area contributed by atoms with Gasteiger partial charge in [-0.05, 0) is 28.7 Å². The minimum Gasteiger partial charge on any atom is -0.469 e. The Balaban J connectivity index is 1.61. The standard InChI is InChI=1S/C24H25NO6/c1-29-22(26)14-8-7-13-21(23(27)30-2)25-24(28)31-15-20-18-11-5-3-9-16(18)17-10-4-6-12-19(17)20/h3-12,20-21H,13-15H2,1-2H3,(H,25,28)/b8-7+. The fourth-order valence-electron chi connectivity index (χ4n) is 3.63. The van der Waals surface area contributed by atoms with E-state index < -0.39 is 24.1 Å². The van der Waals surface area contributed by atoms with Crippen LogP contribution in [0.1, 0.15) is 29.9 Å². The molecule has 0 spiro atoms. The fraction of sp³-hybridized carbons (Fsp3) is 0.292. The molecule has 7 heteroatoms. The van der Waals surface area contributed by atoms with Crippen molar-refractivity contribution < 1.29 is 28.6 Å². The Bertz CT molecular complexity index is 938. The van der Waals surface area contributed by atoms with Gasteiger partial charge in [0.1, 0.15) is 12.6 Å². The van der Waals surface area contributed by atoms with Crippen LogP contribution in [0.15, 0.2) is 60.7 Å². The summed E-state index contributed by atoms with van der Waals surface area (Å²) in [6.45, 7) is 0.145. The Hall–Kier alpha value is -3.61. The molecule has 0 heterocycles. The second-order valence-corrected chi connectivity index (χ2v) is 7.03. The van der Waals surface area contributed by atoms with Gasteiger partial charge in [-0.15, -0.1) is 0 Å². The van der Waals surface area contributed by atoms with Crippen molar-refractivity contribution in [1.29, 1.82) is 0 Å². The van der Waals surface area contributed by atoms with Crippen LogP contribution in [-0.2, 0) is 23.8 Å². The summed E-state index contributed by atoms with van der Waals surface area (Å²) in [6.07, 6.45) is 2.71. The Labute approximate surface area is 181 Å². The van der Waals surface area contributed by atoms with Gasteiger partial charge in [0, 0.05) is 5.92 Å². The SMILES string of the molecule is COC(=O)C/C=C/CC(NC(=O)OCC1c2ccccc2-c2ccccc21)C(=O)OC. The summed E-state index contributed by atoms with van der Waals surface area (Å²) in [5, 5.41) is 2.54. The fourth-order valence-corrected chi connectivity index (χ4v) is 3.63. The third-order valence-electron chi connectivity index (χ3n) is 5.17. The van der Waals surface area contributed by atoms with Gasteiger partial charge in [0.05, 0.1) is 20.6 Å². The van der Waals surface area contributed by atoms with Crippen molar-refractivity contribution in [3.8, 4) is 11.1 Å². The summed E-state index contributed by atoms with van der Waals surface area (Å²) >= 11 is 0. The van der Waals surface area contributed by atoms with Crippen LogP contribution in [0.3, 0.4) is 0 Å². The van der Waals surface area contributed by atoms with Crippen LogP contribution in [0, 0.1) is 0 Å². The number of benzene rings is 2. The van der Waals surface area contributed by atoms with Crippen molar-refractivity contribution in [3.05, 3.63) is 71.8 Å². The number of hydrogen-bond donors (Lipinski definition) is 1. The van der Waals surface area contributed by atoms with E-state index in [-0.39, 0.29) is 25.4 Å². The number of carbonyl (C=O) groups excluding carboxylic acids is 3. The Morgan fingerprint density at radius 3 is 2.13 bits per heavy atom. The minimum absolute atomic E-state index is 0.0744. The molecular weight excluding hydrogens is 398 g/mol. The van der Waals surface area contributed by atoms with Crippen molar-refractivity contribution in [1.82, 2.24) is 5.32 Å². The van der Waals surface area contributed by atoms with E-state index in [1.54, 1.807) is 12.2 Å². The molecule has 0 bridgehead atoms. The topological polar surface area (TPSA) is 90.9 Å². The molecule has 1 unspecified atom stereocenters. The number of carbonyl (C=O) groups is 3. The highest BCUT2D eigenvalue weighted by atomic mass is 16.6. The number of nitrogens with one attached hydrogen (secondary N) is 1. The monoisotopic (exact) mass is 423 g/mol. The summed E-state index contributed by atoms with van der Waals surface area (Å²) in [5.41, 5.74) is 4.48. The molecule has 162 valence electrons. The predicted octanol–water partition coefficient (Wildman–Crippen LogP) is 3.58. The largest absolute Gasteiger partial charge is 0.469 e. The molecule has 0 radical (unpaired) electrons. The number of hydrogen-bond acceptors (Lipinski definition) is 6. The number of methoxy groups -OCH3 is 2. The first kappa shape index (κ1) is 22.1. The molecule has 0 saturated carbocycles. The van der Waals surface area contributed by atoms with Gasteiger partial charge in [-0.25, -0.2) is 9.59 Å². The number of fused-ring (bicyclic) bond motifs is 3. The van der Waals surface area contributed by atoms with E-state index in [4.69, 9.17) is 9.47 Å². The van der Waals surface area contributed by atoms with Crippen molar-refractivity contribution in [2.45, 2.75) is 24.8 Å². The molecule has 0 aliphatic heterocycles. The molecule has 1 amide bonds. The second-order valence-electron chi connectivity index (χ2n) is 7.03. The van der Waals surface area contributed by atoms with Crippen molar-refractivity contribution in [2.24, 2.45) is 0 Å². The van der Waals surface area contributed by atoms with Crippen molar-refractivity contribution in [3.63, 3.8) is 0 Å². The number of amides is 1. The summed E-state index contributed by atoms with van der Waals surface area (Å²) in [7, 11) is 2.54. The zero-order valence-corrected chi connectivity index (χ0v) is 17.5. The molecular formula is C24H25NO6. The van der Waals surface area contributed by atoms with E-state index in [9.17, 15) is 14.4 Å². The number of alkyl carbamates (subject to hydrolysis) is 1. The van der Waals surface area contributed by atoms with Gasteiger partial charge in [0.25, 0.3) is 0 Å². The number of rotatable bonds is 8. The van der Waals surface area contributed by atoms with Crippen LogP contribution in [-0.4, -0.2) is 44.9 Å². The summed E-state index contributed by atoms with van der Waals surface area (Å²) < 4.78 is 14.8. The maximum absolute atomic E-state index is 12.4. The summed E-state index contributed by atoms with van der Waals surface area (Å²) in [6, 6.07) is 15.2. The van der Waals surface area contributed by atoms with Crippen LogP contribution in [0.25, 0.3) is 11.1 Å². The molecule has 3 rings (SSSR count). The summed E-state index contributed by atoms with van der Waals surface area (Å²) in [4.78, 5) is 35.6. The lowest BCUT2D eigenvalue weighted by Crippen LogP contribution is -2.41. The first-order valence-corrected chi connectivity index (χ1v) is 9.96. The molecule has 31 heavy (non-hydrogen) atoms. The van der Waals surface area contributed by atoms with Crippen LogP contribution >= 0.6 is 0 Å². The maximum Gasteiger partial charge on any atom is 0.407 e. The molecule has 1 aliphatic carbocycles. The molecule has 1 N–H and O–H groups in total. The van der Waals surface area contributed by atoms with Crippen molar-refractivity contribution in [2.75, 3.05) is 20.8 Å². The highest BCUT2D eigenvalue weighted by molar-refractivity contribution is 5.82. The lowest BCUT2D eigenvalue weighted by atomic mass is 9.98. The summed E-state index contributed by atoms with van der Waals surface area (Å²) in [5.74, 6) is -1.07. The maximum atomic E-state index is 12.4. The molecule has 1 aliphatic rings. The quantitative estimate of drug-likeness (QED) is 0.397. The third kappa shape index (κ3) is 5.31. The van der Waals surface area contributed by atoms with Crippen LogP contribution in [0.2, 0.25) is 0 Å². The Morgan fingerprint density at radius 1 is 0.935 bits per heavy atom. The van der Waals surface area contributed by atoms with E-state index in [1.807, 2.05) is 36.4 Å². The van der Waals surface area contributed by atoms with E-state index in [0.29, 0.717) is 0 Å². The first-order valence-electron chi connectivity index (χ1n) is 9.96. The number of ether oxygens (including phenoxy) is 3. The highest BCUT2D eigenvalue weighted by Gasteiger charge is 2.29. The normalized spacial score (nSPS) is 13.2. The van der Waals surface area contributed by atoms with Gasteiger partial charge in [-0.1, -0.05) is 60.7 Å². The average molecular weight is 423 g/mol. The minimum atomic E-state index is -0.922. The zero-order valence-electron chi connectivity index (χ0n) is 17.5. The van der Waals surface area contributed by atoms with Gasteiger partial charge in [0.15, 0.2) is 0 Å². The molecule has 1 atom stereocenters. The van der Waals surface area contributed by atoms with E-state index in [2.05, 4.69) is 22.2 Å². The lowest BCUT2D eigenvalue weighted by molar-refractivity contribution is -0.143. The van der Waals surface area contributed by atoms with E-state index >= 15 is 0 Å². The van der Waals surface area contributed by atoms with Gasteiger partial charge in [0.2, 0.25) is 0 Å². The van der Waals surface area contributed by atoms with Crippen LogP contribution in [0.5, 0.6) is 0 Å². The molecule has 0 aromatic heterocycles. The van der Waals surface area contributed by atoms with Gasteiger partial charge < -0.3 is 19.5 Å². The lowest BCUT2D eigenvalue weighted by Gasteiger charge is -2.17. The molecule has 7 nitrogen and oxygen atoms in total. The van der Waals surface area contributed by atoms with E-state index in [1.165, 1.54) is 14.2 Å². The molecule has 2 aromatic rings. The first-order chi connectivity index (χ1) is 15.0. The average Bonchev–Trinajstić information content (AvgIpc) is 3.12. The van der Waals surface area contributed by atoms with Gasteiger partial charge in [-0.3, -0.25) is 4.79 Å². The third-order valence-corrected chi connectivity index (χ3v) is 5.17. The van der Waals surface area contributed by atoms with Crippen LogP contribution in [0.4, 0.5) is 4.79 Å². The second kappa shape index (κ2) is 10.4. The van der Waals surface area contributed by atoms with Crippen LogP contribution < -0.4 is 5.32 Å². The molecule has 0 fully saturated rings. The van der Waals surface area contributed by atoms with E-state index in [0.717, 1.165) is 22.3 Å². The highest BCUT2D eigenvalue weighted by Crippen LogP contribution is 2.44. The Morgan fingerprint density at radius 2 is 1.55 bits per heavy atom. The predicted molar refractivity (Wildman–Crippen MR) is 114 cm³/mol. The van der Waals surface area contributed by atoms with Crippen molar-refractivity contribution >= 4 is 18.0 Å².